The van der Waals surface area contributed by atoms with Crippen LogP contribution in [0.3, 0.4) is 0 Å². The molecule has 0 radical (unpaired) electrons. The molecule has 6 heteroatoms. The molecule has 0 unspecified atom stereocenters. The Labute approximate surface area is 174 Å². The maximum absolute atomic E-state index is 12.5. The van der Waals surface area contributed by atoms with Crippen molar-refractivity contribution in [3.05, 3.63) is 82.8 Å². The fraction of sp³-hybridized carbons (Fsp3) is 0.125. The van der Waals surface area contributed by atoms with E-state index in [1.54, 1.807) is 32.4 Å². The van der Waals surface area contributed by atoms with Crippen LogP contribution in [-0.2, 0) is 7.05 Å². The molecular weight excluding hydrogens is 376 g/mol. The van der Waals surface area contributed by atoms with Crippen molar-refractivity contribution >= 4 is 22.4 Å². The second-order valence-corrected chi connectivity index (χ2v) is 6.94. The van der Waals surface area contributed by atoms with E-state index in [1.807, 2.05) is 54.4 Å². The Morgan fingerprint density at radius 2 is 1.80 bits per heavy atom. The zero-order chi connectivity index (χ0) is 21.3. The molecule has 0 N–H and O–H groups in total. The van der Waals surface area contributed by atoms with Crippen LogP contribution in [-0.4, -0.2) is 23.7 Å². The van der Waals surface area contributed by atoms with Crippen molar-refractivity contribution in [2.24, 2.45) is 7.05 Å². The smallest absolute Gasteiger partial charge is 0.252 e. The first kappa shape index (κ1) is 19.2. The number of hydrogen-bond acceptors (Lipinski definition) is 5. The lowest BCUT2D eigenvalue weighted by Crippen LogP contribution is -2.21. The van der Waals surface area contributed by atoms with E-state index in [2.05, 4.69) is 17.1 Å². The molecule has 0 saturated carbocycles. The Balaban J connectivity index is 1.82. The van der Waals surface area contributed by atoms with E-state index < -0.39 is 0 Å². The first-order valence-corrected chi connectivity index (χ1v) is 9.41. The molecule has 0 aliphatic heterocycles. The third-order valence-corrected chi connectivity index (χ3v) is 5.20. The zero-order valence-electron chi connectivity index (χ0n) is 17.0. The Kier molecular flexibility index (Phi) is 4.95. The van der Waals surface area contributed by atoms with Crippen molar-refractivity contribution < 1.29 is 4.74 Å². The second kappa shape index (κ2) is 7.72. The molecule has 0 aliphatic carbocycles. The summed E-state index contributed by atoms with van der Waals surface area (Å²) in [5.74, 6) is 0.804. The molecule has 6 nitrogen and oxygen atoms in total. The van der Waals surface area contributed by atoms with Crippen LogP contribution in [0.25, 0.3) is 22.2 Å². The predicted octanol–water partition coefficient (Wildman–Crippen LogP) is 4.25. The van der Waals surface area contributed by atoms with Crippen LogP contribution in [0.15, 0.2) is 71.5 Å². The number of aryl methyl sites for hydroxylation is 1. The molecule has 0 saturated heterocycles. The molecule has 0 bridgehead atoms. The summed E-state index contributed by atoms with van der Waals surface area (Å²) in [7, 11) is 5.24. The fourth-order valence-electron chi connectivity index (χ4n) is 3.45. The number of nitrogens with zero attached hydrogens (tertiary/aromatic N) is 4. The van der Waals surface area contributed by atoms with Crippen molar-refractivity contribution in [2.75, 3.05) is 19.1 Å². The van der Waals surface area contributed by atoms with Crippen LogP contribution < -0.4 is 15.2 Å². The number of aromatic nitrogens is 2. The minimum atomic E-state index is -0.137. The molecule has 0 atom stereocenters. The minimum Gasteiger partial charge on any atom is -0.497 e. The molecule has 0 fully saturated rings. The number of pyridine rings is 2. The van der Waals surface area contributed by atoms with Gasteiger partial charge >= 0.3 is 0 Å². The molecule has 2 heterocycles. The van der Waals surface area contributed by atoms with Gasteiger partial charge in [-0.05, 0) is 47.5 Å². The average Bonchev–Trinajstić information content (AvgIpc) is 2.80. The summed E-state index contributed by atoms with van der Waals surface area (Å²) in [6.07, 6.45) is 0. The molecule has 4 aromatic rings. The van der Waals surface area contributed by atoms with Gasteiger partial charge in [0.05, 0.1) is 18.3 Å². The number of rotatable bonds is 4. The fourth-order valence-corrected chi connectivity index (χ4v) is 3.45. The highest BCUT2D eigenvalue weighted by molar-refractivity contribution is 5.91. The summed E-state index contributed by atoms with van der Waals surface area (Å²) in [5, 5.41) is 9.26. The van der Waals surface area contributed by atoms with Gasteiger partial charge in [-0.25, -0.2) is 4.98 Å². The number of benzene rings is 2. The second-order valence-electron chi connectivity index (χ2n) is 6.94. The van der Waals surface area contributed by atoms with Crippen LogP contribution in [0.2, 0.25) is 0 Å². The van der Waals surface area contributed by atoms with E-state index in [9.17, 15) is 10.1 Å². The van der Waals surface area contributed by atoms with Gasteiger partial charge in [0.2, 0.25) is 0 Å². The maximum atomic E-state index is 12.5. The molecule has 4 rings (SSSR count). The van der Waals surface area contributed by atoms with E-state index in [1.165, 1.54) is 4.57 Å². The minimum absolute atomic E-state index is 0.137. The summed E-state index contributed by atoms with van der Waals surface area (Å²) < 4.78 is 6.77. The lowest BCUT2D eigenvalue weighted by Gasteiger charge is -2.22. The Hall–Kier alpha value is -4.11. The lowest BCUT2D eigenvalue weighted by molar-refractivity contribution is 0.415. The van der Waals surface area contributed by atoms with Crippen LogP contribution in [0, 0.1) is 11.3 Å². The third kappa shape index (κ3) is 3.38. The van der Waals surface area contributed by atoms with Crippen molar-refractivity contribution in [3.63, 3.8) is 0 Å². The monoisotopic (exact) mass is 396 g/mol. The van der Waals surface area contributed by atoms with Crippen molar-refractivity contribution in [2.45, 2.75) is 0 Å². The molecule has 2 aromatic carbocycles. The van der Waals surface area contributed by atoms with Gasteiger partial charge in [0, 0.05) is 25.8 Å². The van der Waals surface area contributed by atoms with Crippen LogP contribution in [0.5, 0.6) is 5.75 Å². The normalized spacial score (nSPS) is 10.6. The van der Waals surface area contributed by atoms with E-state index in [0.717, 1.165) is 22.6 Å². The quantitative estimate of drug-likeness (QED) is 0.516. The van der Waals surface area contributed by atoms with Gasteiger partial charge in [0.1, 0.15) is 23.0 Å². The van der Waals surface area contributed by atoms with Gasteiger partial charge in [0.25, 0.3) is 5.56 Å². The van der Waals surface area contributed by atoms with Gasteiger partial charge < -0.3 is 14.2 Å². The van der Waals surface area contributed by atoms with E-state index >= 15 is 0 Å². The van der Waals surface area contributed by atoms with Gasteiger partial charge in [0.15, 0.2) is 0 Å². The molecule has 0 spiro atoms. The first-order valence-electron chi connectivity index (χ1n) is 9.41. The molecule has 0 aliphatic rings. The molecule has 0 amide bonds. The maximum Gasteiger partial charge on any atom is 0.252 e. The highest BCUT2D eigenvalue weighted by atomic mass is 16.5. The standard InChI is InChI=1S/C24H20N4O2/c1-27(19-6-4-5-17(13-19)16-7-10-20(30-3)11-8-16)22-14-23(29)28(2)21-12-9-18(15-25)26-24(21)22/h4-14H,1-3H3. The summed E-state index contributed by atoms with van der Waals surface area (Å²) in [6, 6.07) is 22.9. The number of fused-ring (bicyclic) bond motifs is 1. The summed E-state index contributed by atoms with van der Waals surface area (Å²) >= 11 is 0. The van der Waals surface area contributed by atoms with Gasteiger partial charge in [-0.15, -0.1) is 0 Å². The SMILES string of the molecule is COc1ccc(-c2cccc(N(C)c3cc(=O)n(C)c4ccc(C#N)nc34)c2)cc1. The number of anilines is 2. The molecule has 30 heavy (non-hydrogen) atoms. The summed E-state index contributed by atoms with van der Waals surface area (Å²) in [5.41, 5.74) is 5.11. The third-order valence-electron chi connectivity index (χ3n) is 5.20. The molecule has 2 aromatic heterocycles. The summed E-state index contributed by atoms with van der Waals surface area (Å²) in [4.78, 5) is 18.9. The predicted molar refractivity (Wildman–Crippen MR) is 118 cm³/mol. The van der Waals surface area contributed by atoms with Crippen LogP contribution in [0.1, 0.15) is 5.69 Å². The van der Waals surface area contributed by atoms with E-state index in [0.29, 0.717) is 22.4 Å². The molecular formula is C24H20N4O2. The van der Waals surface area contributed by atoms with Crippen molar-refractivity contribution in [1.29, 1.82) is 5.26 Å². The zero-order valence-corrected chi connectivity index (χ0v) is 17.0. The topological polar surface area (TPSA) is 71.2 Å². The first-order chi connectivity index (χ1) is 14.5. The lowest BCUT2D eigenvalue weighted by atomic mass is 10.0. The average molecular weight is 396 g/mol. The van der Waals surface area contributed by atoms with Crippen molar-refractivity contribution in [3.8, 4) is 22.9 Å². The van der Waals surface area contributed by atoms with Gasteiger partial charge in [-0.2, -0.15) is 5.26 Å². The highest BCUT2D eigenvalue weighted by Gasteiger charge is 2.14. The van der Waals surface area contributed by atoms with Gasteiger partial charge in [-0.3, -0.25) is 4.79 Å². The highest BCUT2D eigenvalue weighted by Crippen LogP contribution is 2.32. The Bertz CT molecular complexity index is 1330. The molecule has 148 valence electrons. The number of ether oxygens (including phenoxy) is 1. The van der Waals surface area contributed by atoms with Gasteiger partial charge in [-0.1, -0.05) is 24.3 Å². The van der Waals surface area contributed by atoms with Crippen LogP contribution >= 0.6 is 0 Å². The van der Waals surface area contributed by atoms with E-state index in [-0.39, 0.29) is 5.56 Å². The van der Waals surface area contributed by atoms with E-state index in [4.69, 9.17) is 4.74 Å². The van der Waals surface area contributed by atoms with Crippen molar-refractivity contribution in [1.82, 2.24) is 9.55 Å². The Morgan fingerprint density at radius 1 is 1.03 bits per heavy atom. The number of nitriles is 1. The number of methoxy groups -OCH3 is 1. The number of hydrogen-bond donors (Lipinski definition) is 0. The summed E-state index contributed by atoms with van der Waals surface area (Å²) in [6.45, 7) is 0. The Morgan fingerprint density at radius 3 is 2.50 bits per heavy atom. The largest absolute Gasteiger partial charge is 0.497 e. The van der Waals surface area contributed by atoms with Crippen LogP contribution in [0.4, 0.5) is 11.4 Å².